The molecule has 0 atom stereocenters. The van der Waals surface area contributed by atoms with Gasteiger partial charge in [-0.05, 0) is 12.1 Å². The van der Waals surface area contributed by atoms with Crippen LogP contribution in [0.2, 0.25) is 0 Å². The highest BCUT2D eigenvalue weighted by atomic mass is 32.2. The van der Waals surface area contributed by atoms with Crippen LogP contribution < -0.4 is 4.72 Å². The molecule has 1 aromatic heterocycles. The van der Waals surface area contributed by atoms with Gasteiger partial charge in [-0.15, -0.1) is 0 Å². The summed E-state index contributed by atoms with van der Waals surface area (Å²) in [6, 6.07) is 16.2. The van der Waals surface area contributed by atoms with Crippen molar-refractivity contribution >= 4 is 21.7 Å². The standard InChI is InChI=1S/C16H12N2O5S/c19-16(20)15-14(13(17-23-15)11-7-3-1-4-8-11)18-24(21,22)12-9-5-2-6-10-12/h1-10,18H,(H,19,20). The number of hydrogen-bond donors (Lipinski definition) is 2. The van der Waals surface area contributed by atoms with Crippen LogP contribution in [-0.2, 0) is 10.0 Å². The van der Waals surface area contributed by atoms with E-state index in [1.54, 1.807) is 48.5 Å². The normalized spacial score (nSPS) is 11.2. The van der Waals surface area contributed by atoms with Gasteiger partial charge in [0.05, 0.1) is 4.90 Å². The summed E-state index contributed by atoms with van der Waals surface area (Å²) < 4.78 is 32.1. The highest BCUT2D eigenvalue weighted by Crippen LogP contribution is 2.32. The van der Waals surface area contributed by atoms with Crippen LogP contribution >= 0.6 is 0 Å². The van der Waals surface area contributed by atoms with E-state index in [0.29, 0.717) is 5.56 Å². The van der Waals surface area contributed by atoms with E-state index in [4.69, 9.17) is 4.52 Å². The van der Waals surface area contributed by atoms with Crippen molar-refractivity contribution in [1.29, 1.82) is 0 Å². The van der Waals surface area contributed by atoms with Crippen molar-refractivity contribution in [3.8, 4) is 11.3 Å². The van der Waals surface area contributed by atoms with Gasteiger partial charge < -0.3 is 9.63 Å². The maximum absolute atomic E-state index is 12.5. The fourth-order valence-electron chi connectivity index (χ4n) is 2.12. The number of rotatable bonds is 5. The Balaban J connectivity index is 2.10. The molecule has 0 aliphatic rings. The van der Waals surface area contributed by atoms with Crippen LogP contribution in [-0.4, -0.2) is 24.7 Å². The van der Waals surface area contributed by atoms with E-state index in [1.165, 1.54) is 12.1 Å². The molecule has 0 unspecified atom stereocenters. The molecular weight excluding hydrogens is 332 g/mol. The average Bonchev–Trinajstić information content (AvgIpc) is 2.99. The number of anilines is 1. The van der Waals surface area contributed by atoms with Crippen molar-refractivity contribution in [2.75, 3.05) is 4.72 Å². The minimum Gasteiger partial charge on any atom is -0.475 e. The van der Waals surface area contributed by atoms with Crippen molar-refractivity contribution in [2.24, 2.45) is 0 Å². The van der Waals surface area contributed by atoms with E-state index in [-0.39, 0.29) is 16.3 Å². The van der Waals surface area contributed by atoms with E-state index in [2.05, 4.69) is 9.88 Å². The third-order valence-electron chi connectivity index (χ3n) is 3.22. The Bertz CT molecular complexity index is 966. The molecule has 7 nitrogen and oxygen atoms in total. The zero-order valence-electron chi connectivity index (χ0n) is 12.2. The van der Waals surface area contributed by atoms with Crippen LogP contribution in [0.4, 0.5) is 5.69 Å². The largest absolute Gasteiger partial charge is 0.475 e. The zero-order chi connectivity index (χ0) is 17.2. The molecule has 0 aliphatic carbocycles. The average molecular weight is 344 g/mol. The summed E-state index contributed by atoms with van der Waals surface area (Å²) in [5.41, 5.74) is 0.421. The third-order valence-corrected chi connectivity index (χ3v) is 4.59. The molecule has 2 N–H and O–H groups in total. The lowest BCUT2D eigenvalue weighted by atomic mass is 10.1. The predicted molar refractivity (Wildman–Crippen MR) is 86.1 cm³/mol. The lowest BCUT2D eigenvalue weighted by molar-refractivity contribution is 0.0653. The fourth-order valence-corrected chi connectivity index (χ4v) is 3.21. The lowest BCUT2D eigenvalue weighted by Crippen LogP contribution is -2.15. The van der Waals surface area contributed by atoms with Crippen molar-refractivity contribution in [3.63, 3.8) is 0 Å². The molecule has 24 heavy (non-hydrogen) atoms. The van der Waals surface area contributed by atoms with Crippen LogP contribution in [0.25, 0.3) is 11.3 Å². The molecule has 0 aliphatic heterocycles. The van der Waals surface area contributed by atoms with Gasteiger partial charge in [-0.1, -0.05) is 53.7 Å². The van der Waals surface area contributed by atoms with Gasteiger partial charge in [0.15, 0.2) is 0 Å². The fraction of sp³-hybridized carbons (Fsp3) is 0. The topological polar surface area (TPSA) is 110 Å². The van der Waals surface area contributed by atoms with E-state index >= 15 is 0 Å². The minimum atomic E-state index is -3.98. The number of aromatic carboxylic acids is 1. The SMILES string of the molecule is O=C(O)c1onc(-c2ccccc2)c1NS(=O)(=O)c1ccccc1. The number of carboxylic acid groups (broad SMARTS) is 1. The molecule has 3 aromatic rings. The number of nitrogens with zero attached hydrogens (tertiary/aromatic N) is 1. The van der Waals surface area contributed by atoms with Crippen molar-refractivity contribution in [1.82, 2.24) is 5.16 Å². The van der Waals surface area contributed by atoms with Crippen molar-refractivity contribution in [3.05, 3.63) is 66.4 Å². The van der Waals surface area contributed by atoms with Crippen molar-refractivity contribution in [2.45, 2.75) is 4.90 Å². The molecule has 0 bridgehead atoms. The van der Waals surface area contributed by atoms with Gasteiger partial charge in [0, 0.05) is 5.56 Å². The number of hydrogen-bond acceptors (Lipinski definition) is 5. The van der Waals surface area contributed by atoms with E-state index < -0.39 is 21.8 Å². The second-order valence-corrected chi connectivity index (χ2v) is 6.51. The first kappa shape index (κ1) is 15.8. The first-order valence-corrected chi connectivity index (χ1v) is 8.33. The molecule has 1 heterocycles. The van der Waals surface area contributed by atoms with Crippen molar-refractivity contribution < 1.29 is 22.8 Å². The summed E-state index contributed by atoms with van der Waals surface area (Å²) in [4.78, 5) is 11.3. The Morgan fingerprint density at radius 2 is 1.58 bits per heavy atom. The molecule has 0 amide bonds. The maximum Gasteiger partial charge on any atom is 0.377 e. The molecule has 0 saturated carbocycles. The van der Waals surface area contributed by atoms with Gasteiger partial charge in [0.1, 0.15) is 11.4 Å². The van der Waals surface area contributed by atoms with Crippen LogP contribution in [0.15, 0.2) is 70.1 Å². The number of aromatic nitrogens is 1. The van der Waals surface area contributed by atoms with Crippen LogP contribution in [0, 0.1) is 0 Å². The van der Waals surface area contributed by atoms with Crippen LogP contribution in [0.1, 0.15) is 10.6 Å². The number of sulfonamides is 1. The smallest absolute Gasteiger partial charge is 0.377 e. The number of benzene rings is 2. The Hall–Kier alpha value is -3.13. The molecular formula is C16H12N2O5S. The van der Waals surface area contributed by atoms with Gasteiger partial charge in [0.25, 0.3) is 15.8 Å². The van der Waals surface area contributed by atoms with Gasteiger partial charge in [-0.3, -0.25) is 4.72 Å². The Morgan fingerprint density at radius 1 is 1.00 bits per heavy atom. The number of carboxylic acids is 1. The summed E-state index contributed by atoms with van der Waals surface area (Å²) in [5.74, 6) is -2.00. The Labute approximate surface area is 137 Å². The van der Waals surface area contributed by atoms with E-state index in [9.17, 15) is 18.3 Å². The first-order chi connectivity index (χ1) is 11.5. The molecule has 8 heteroatoms. The predicted octanol–water partition coefficient (Wildman–Crippen LogP) is 2.84. The number of carbonyl (C=O) groups is 1. The third kappa shape index (κ3) is 2.99. The van der Waals surface area contributed by atoms with Crippen LogP contribution in [0.3, 0.4) is 0 Å². The summed E-state index contributed by atoms with van der Waals surface area (Å²) in [7, 11) is -3.98. The summed E-state index contributed by atoms with van der Waals surface area (Å²) in [5, 5.41) is 12.9. The molecule has 0 radical (unpaired) electrons. The zero-order valence-corrected chi connectivity index (χ0v) is 13.0. The second kappa shape index (κ2) is 6.17. The van der Waals surface area contributed by atoms with Gasteiger partial charge >= 0.3 is 5.97 Å². The first-order valence-electron chi connectivity index (χ1n) is 6.85. The van der Waals surface area contributed by atoms with Gasteiger partial charge in [-0.2, -0.15) is 0 Å². The lowest BCUT2D eigenvalue weighted by Gasteiger charge is -2.08. The second-order valence-electron chi connectivity index (χ2n) is 4.83. The Kier molecular flexibility index (Phi) is 4.05. The quantitative estimate of drug-likeness (QED) is 0.736. The highest BCUT2D eigenvalue weighted by molar-refractivity contribution is 7.92. The molecule has 0 fully saturated rings. The monoisotopic (exact) mass is 344 g/mol. The van der Waals surface area contributed by atoms with Gasteiger partial charge in [0.2, 0.25) is 0 Å². The maximum atomic E-state index is 12.5. The van der Waals surface area contributed by atoms with Crippen LogP contribution in [0.5, 0.6) is 0 Å². The molecule has 2 aromatic carbocycles. The summed E-state index contributed by atoms with van der Waals surface area (Å²) >= 11 is 0. The van der Waals surface area contributed by atoms with E-state index in [1.807, 2.05) is 0 Å². The molecule has 0 spiro atoms. The number of nitrogens with one attached hydrogen (secondary N) is 1. The molecule has 3 rings (SSSR count). The molecule has 0 saturated heterocycles. The minimum absolute atomic E-state index is 0.00144. The van der Waals surface area contributed by atoms with E-state index in [0.717, 1.165) is 0 Å². The summed E-state index contributed by atoms with van der Waals surface area (Å²) in [6.07, 6.45) is 0. The summed E-state index contributed by atoms with van der Waals surface area (Å²) in [6.45, 7) is 0. The highest BCUT2D eigenvalue weighted by Gasteiger charge is 2.27. The van der Waals surface area contributed by atoms with Gasteiger partial charge in [-0.25, -0.2) is 13.2 Å². The Morgan fingerprint density at radius 3 is 2.17 bits per heavy atom. The molecule has 122 valence electrons.